The van der Waals surface area contributed by atoms with Crippen LogP contribution in [-0.4, -0.2) is 12.5 Å². The summed E-state index contributed by atoms with van der Waals surface area (Å²) in [6, 6.07) is 3.32. The number of primary amides is 1. The molecule has 1 unspecified atom stereocenters. The number of hydrogen-bond donors (Lipinski definition) is 2. The molecule has 3 nitrogen and oxygen atoms in total. The normalized spacial score (nSPS) is 12.5. The molecule has 0 saturated carbocycles. The van der Waals surface area contributed by atoms with Crippen LogP contribution >= 0.6 is 11.6 Å². The predicted molar refractivity (Wildman–Crippen MR) is 57.0 cm³/mol. The van der Waals surface area contributed by atoms with Crippen molar-refractivity contribution < 1.29 is 9.18 Å². The quantitative estimate of drug-likeness (QED) is 0.826. The molecular weight excluding hydrogens is 219 g/mol. The van der Waals surface area contributed by atoms with Gasteiger partial charge in [-0.15, -0.1) is 0 Å². The number of amides is 1. The maximum atomic E-state index is 13.5. The highest BCUT2D eigenvalue weighted by atomic mass is 35.5. The highest BCUT2D eigenvalue weighted by Gasteiger charge is 2.19. The molecule has 0 aliphatic carbocycles. The van der Waals surface area contributed by atoms with E-state index < -0.39 is 17.8 Å². The van der Waals surface area contributed by atoms with Crippen LogP contribution in [0.5, 0.6) is 0 Å². The second-order valence-corrected chi connectivity index (χ2v) is 3.50. The summed E-state index contributed by atoms with van der Waals surface area (Å²) < 4.78 is 13.5. The summed E-state index contributed by atoms with van der Waals surface area (Å²) in [4.78, 5) is 11.1. The van der Waals surface area contributed by atoms with Gasteiger partial charge in [0.05, 0.1) is 0 Å². The van der Waals surface area contributed by atoms with Crippen LogP contribution in [0.1, 0.15) is 18.5 Å². The Hall–Kier alpha value is -1.13. The lowest BCUT2D eigenvalue weighted by Gasteiger charge is -2.15. The lowest BCUT2D eigenvalue weighted by molar-refractivity contribution is -0.120. The van der Waals surface area contributed by atoms with Crippen LogP contribution in [0.25, 0.3) is 0 Å². The molecule has 0 fully saturated rings. The van der Waals surface area contributed by atoms with E-state index in [1.165, 1.54) is 12.1 Å². The van der Waals surface area contributed by atoms with Crippen molar-refractivity contribution in [1.29, 1.82) is 0 Å². The summed E-state index contributed by atoms with van der Waals surface area (Å²) in [6.45, 7) is 2.33. The number of carbonyl (C=O) groups excluding carboxylic acids is 1. The number of hydrogen-bond acceptors (Lipinski definition) is 2. The van der Waals surface area contributed by atoms with Gasteiger partial charge in [0, 0.05) is 10.6 Å². The molecule has 0 saturated heterocycles. The number of benzene rings is 1. The fourth-order valence-corrected chi connectivity index (χ4v) is 1.46. The third-order valence-corrected chi connectivity index (χ3v) is 2.20. The van der Waals surface area contributed by atoms with E-state index in [0.29, 0.717) is 6.54 Å². The van der Waals surface area contributed by atoms with Crippen LogP contribution in [0.15, 0.2) is 18.2 Å². The van der Waals surface area contributed by atoms with Crippen LogP contribution in [0.2, 0.25) is 5.02 Å². The molecule has 0 bridgehead atoms. The zero-order chi connectivity index (χ0) is 11.4. The molecule has 1 aromatic carbocycles. The van der Waals surface area contributed by atoms with Gasteiger partial charge in [0.1, 0.15) is 11.9 Å². The summed E-state index contributed by atoms with van der Waals surface area (Å²) in [5.41, 5.74) is 5.38. The van der Waals surface area contributed by atoms with Gasteiger partial charge in [-0.25, -0.2) is 4.39 Å². The molecule has 5 heteroatoms. The summed E-state index contributed by atoms with van der Waals surface area (Å²) in [7, 11) is 0. The maximum absolute atomic E-state index is 13.5. The first-order valence-electron chi connectivity index (χ1n) is 4.54. The van der Waals surface area contributed by atoms with Crippen molar-refractivity contribution >= 4 is 17.5 Å². The van der Waals surface area contributed by atoms with Crippen LogP contribution in [-0.2, 0) is 4.79 Å². The van der Waals surface area contributed by atoms with Crippen molar-refractivity contribution in [3.8, 4) is 0 Å². The van der Waals surface area contributed by atoms with E-state index in [2.05, 4.69) is 5.32 Å². The fraction of sp³-hybridized carbons (Fsp3) is 0.300. The van der Waals surface area contributed by atoms with Crippen molar-refractivity contribution in [2.75, 3.05) is 6.54 Å². The van der Waals surface area contributed by atoms with Crippen molar-refractivity contribution in [3.05, 3.63) is 34.6 Å². The Balaban J connectivity index is 3.05. The summed E-state index contributed by atoms with van der Waals surface area (Å²) in [5, 5.41) is 3.09. The molecule has 1 aromatic rings. The molecule has 0 spiro atoms. The fourth-order valence-electron chi connectivity index (χ4n) is 1.30. The van der Waals surface area contributed by atoms with Gasteiger partial charge in [-0.1, -0.05) is 24.6 Å². The van der Waals surface area contributed by atoms with Crippen LogP contribution in [0.3, 0.4) is 0 Å². The van der Waals surface area contributed by atoms with Gasteiger partial charge in [0.15, 0.2) is 0 Å². The molecule has 0 radical (unpaired) electrons. The van der Waals surface area contributed by atoms with Gasteiger partial charge < -0.3 is 11.1 Å². The topological polar surface area (TPSA) is 55.1 Å². The second-order valence-electron chi connectivity index (χ2n) is 3.06. The van der Waals surface area contributed by atoms with E-state index in [0.717, 1.165) is 6.07 Å². The van der Waals surface area contributed by atoms with Gasteiger partial charge in [-0.2, -0.15) is 0 Å². The van der Waals surface area contributed by atoms with E-state index in [-0.39, 0.29) is 10.6 Å². The van der Waals surface area contributed by atoms with E-state index in [4.69, 9.17) is 17.3 Å². The first kappa shape index (κ1) is 11.9. The minimum Gasteiger partial charge on any atom is -0.368 e. The van der Waals surface area contributed by atoms with Crippen molar-refractivity contribution in [2.45, 2.75) is 13.0 Å². The third kappa shape index (κ3) is 2.91. The highest BCUT2D eigenvalue weighted by Crippen LogP contribution is 2.20. The maximum Gasteiger partial charge on any atom is 0.239 e. The van der Waals surface area contributed by atoms with Crippen molar-refractivity contribution in [3.63, 3.8) is 0 Å². The van der Waals surface area contributed by atoms with E-state index in [9.17, 15) is 9.18 Å². The van der Waals surface area contributed by atoms with E-state index in [1.807, 2.05) is 6.92 Å². The Morgan fingerprint density at radius 2 is 2.33 bits per heavy atom. The zero-order valence-corrected chi connectivity index (χ0v) is 9.01. The average Bonchev–Trinajstić information content (AvgIpc) is 2.15. The first-order chi connectivity index (χ1) is 7.06. The molecule has 3 N–H and O–H groups in total. The number of nitrogens with two attached hydrogens (primary N) is 1. The number of carbonyl (C=O) groups is 1. The minimum absolute atomic E-state index is 0.216. The van der Waals surface area contributed by atoms with Gasteiger partial charge >= 0.3 is 0 Å². The molecule has 15 heavy (non-hydrogen) atoms. The Kier molecular flexibility index (Phi) is 4.05. The molecule has 1 amide bonds. The smallest absolute Gasteiger partial charge is 0.239 e. The zero-order valence-electron chi connectivity index (χ0n) is 8.26. The number of likely N-dealkylation sites (N-methyl/N-ethyl adjacent to an activating group) is 1. The Labute approximate surface area is 92.4 Å². The number of halogens is 2. The highest BCUT2D eigenvalue weighted by molar-refractivity contribution is 6.30. The summed E-state index contributed by atoms with van der Waals surface area (Å²) in [6.07, 6.45) is 0. The molecular formula is C10H12ClFN2O. The predicted octanol–water partition coefficient (Wildman–Crippen LogP) is 1.61. The SMILES string of the molecule is CCNC(C(N)=O)c1ccc(Cl)cc1F. The van der Waals surface area contributed by atoms with Gasteiger partial charge in [-0.05, 0) is 18.7 Å². The minimum atomic E-state index is -0.813. The number of rotatable bonds is 4. The lowest BCUT2D eigenvalue weighted by atomic mass is 10.1. The second kappa shape index (κ2) is 5.09. The van der Waals surface area contributed by atoms with Crippen molar-refractivity contribution in [1.82, 2.24) is 5.32 Å². The van der Waals surface area contributed by atoms with Gasteiger partial charge in [0.25, 0.3) is 0 Å². The summed E-state index contributed by atoms with van der Waals surface area (Å²) in [5.74, 6) is -1.15. The lowest BCUT2D eigenvalue weighted by Crippen LogP contribution is -2.34. The number of nitrogens with one attached hydrogen (secondary N) is 1. The molecule has 1 atom stereocenters. The molecule has 0 heterocycles. The largest absolute Gasteiger partial charge is 0.368 e. The molecule has 1 rings (SSSR count). The Morgan fingerprint density at radius 3 is 2.80 bits per heavy atom. The van der Waals surface area contributed by atoms with Crippen LogP contribution < -0.4 is 11.1 Å². The summed E-state index contributed by atoms with van der Waals surface area (Å²) >= 11 is 5.60. The van der Waals surface area contributed by atoms with Crippen LogP contribution in [0.4, 0.5) is 4.39 Å². The molecule has 0 aliphatic rings. The van der Waals surface area contributed by atoms with E-state index >= 15 is 0 Å². The first-order valence-corrected chi connectivity index (χ1v) is 4.91. The molecule has 0 aromatic heterocycles. The molecule has 82 valence electrons. The Bertz CT molecular complexity index is 370. The third-order valence-electron chi connectivity index (χ3n) is 1.97. The van der Waals surface area contributed by atoms with E-state index in [1.54, 1.807) is 0 Å². The van der Waals surface area contributed by atoms with Gasteiger partial charge in [0.2, 0.25) is 5.91 Å². The average molecular weight is 231 g/mol. The monoisotopic (exact) mass is 230 g/mol. The molecule has 0 aliphatic heterocycles. The Morgan fingerprint density at radius 1 is 1.67 bits per heavy atom. The standard InChI is InChI=1S/C10H12ClFN2O/c1-2-14-9(10(13)15)7-4-3-6(11)5-8(7)12/h3-5,9,14H,2H2,1H3,(H2,13,15). The van der Waals surface area contributed by atoms with Gasteiger partial charge in [-0.3, -0.25) is 4.79 Å². The van der Waals surface area contributed by atoms with Crippen molar-refractivity contribution in [2.24, 2.45) is 5.73 Å². The van der Waals surface area contributed by atoms with Crippen LogP contribution in [0, 0.1) is 5.82 Å².